The number of hydrogen-bond donors (Lipinski definition) is 2. The van der Waals surface area contributed by atoms with Gasteiger partial charge in [0.25, 0.3) is 6.43 Å². The molecule has 96 valence electrons. The minimum atomic E-state index is -5.20. The highest BCUT2D eigenvalue weighted by atomic mass is 19.4. The molecule has 0 amide bonds. The van der Waals surface area contributed by atoms with Gasteiger partial charge in [0.15, 0.2) is 5.43 Å². The molecule has 0 aliphatic carbocycles. The fourth-order valence-electron chi connectivity index (χ4n) is 1.09. The molecule has 0 aliphatic heterocycles. The molecule has 0 saturated heterocycles. The maximum atomic E-state index is 12.4. The van der Waals surface area contributed by atoms with Crippen molar-refractivity contribution in [1.82, 2.24) is 4.98 Å². The largest absolute Gasteiger partial charge is 0.574 e. The lowest BCUT2D eigenvalue weighted by Crippen LogP contribution is -2.24. The van der Waals surface area contributed by atoms with Crippen LogP contribution in [0.1, 0.15) is 17.6 Å². The first-order valence-electron chi connectivity index (χ1n) is 4.15. The van der Waals surface area contributed by atoms with Gasteiger partial charge < -0.3 is 14.8 Å². The SMILES string of the molecule is O=c1c(CO)c[nH]c(OC(F)(F)F)c1C(F)F. The molecule has 1 rings (SSSR count). The monoisotopic (exact) mass is 259 g/mol. The van der Waals surface area contributed by atoms with Crippen molar-refractivity contribution < 1.29 is 31.8 Å². The smallest absolute Gasteiger partial charge is 0.391 e. The van der Waals surface area contributed by atoms with E-state index in [1.165, 1.54) is 0 Å². The van der Waals surface area contributed by atoms with E-state index in [1.54, 1.807) is 4.98 Å². The van der Waals surface area contributed by atoms with Crippen molar-refractivity contribution in [1.29, 1.82) is 0 Å². The summed E-state index contributed by atoms with van der Waals surface area (Å²) < 4.78 is 63.7. The first-order valence-corrected chi connectivity index (χ1v) is 4.15. The first kappa shape index (κ1) is 13.4. The Morgan fingerprint density at radius 1 is 1.41 bits per heavy atom. The fraction of sp³-hybridized carbons (Fsp3) is 0.375. The predicted molar refractivity (Wildman–Crippen MR) is 44.6 cm³/mol. The number of aromatic amines is 1. The van der Waals surface area contributed by atoms with Gasteiger partial charge in [0.2, 0.25) is 5.88 Å². The molecule has 9 heteroatoms. The van der Waals surface area contributed by atoms with Crippen molar-refractivity contribution in [3.05, 3.63) is 27.5 Å². The third-order valence-electron chi connectivity index (χ3n) is 1.76. The number of hydrogen-bond acceptors (Lipinski definition) is 3. The highest BCUT2D eigenvalue weighted by Gasteiger charge is 2.35. The summed E-state index contributed by atoms with van der Waals surface area (Å²) in [6.07, 6.45) is -7.98. The molecular weight excluding hydrogens is 253 g/mol. The zero-order chi connectivity index (χ0) is 13.2. The van der Waals surface area contributed by atoms with E-state index in [4.69, 9.17) is 5.11 Å². The number of alkyl halides is 5. The maximum Gasteiger partial charge on any atom is 0.574 e. The highest BCUT2D eigenvalue weighted by Crippen LogP contribution is 2.28. The molecule has 0 unspecified atom stereocenters. The molecule has 4 nitrogen and oxygen atoms in total. The lowest BCUT2D eigenvalue weighted by Gasteiger charge is -2.12. The van der Waals surface area contributed by atoms with Crippen LogP contribution >= 0.6 is 0 Å². The summed E-state index contributed by atoms with van der Waals surface area (Å²) >= 11 is 0. The Hall–Kier alpha value is -1.64. The van der Waals surface area contributed by atoms with Crippen LogP contribution in [-0.2, 0) is 6.61 Å². The minimum Gasteiger partial charge on any atom is -0.391 e. The topological polar surface area (TPSA) is 62.3 Å². The fourth-order valence-corrected chi connectivity index (χ4v) is 1.09. The summed E-state index contributed by atoms with van der Waals surface area (Å²) in [6, 6.07) is 0. The van der Waals surface area contributed by atoms with E-state index in [9.17, 15) is 26.7 Å². The maximum absolute atomic E-state index is 12.4. The molecule has 2 N–H and O–H groups in total. The Balaban J connectivity index is 3.32. The third kappa shape index (κ3) is 3.16. The van der Waals surface area contributed by atoms with Gasteiger partial charge in [-0.1, -0.05) is 0 Å². The van der Waals surface area contributed by atoms with Gasteiger partial charge in [0.05, 0.1) is 6.61 Å². The van der Waals surface area contributed by atoms with Crippen molar-refractivity contribution in [3.8, 4) is 5.88 Å². The van der Waals surface area contributed by atoms with Gasteiger partial charge >= 0.3 is 6.36 Å². The Labute approximate surface area is 90.6 Å². The zero-order valence-corrected chi connectivity index (χ0v) is 8.02. The molecule has 0 radical (unpaired) electrons. The molecule has 0 aromatic carbocycles. The zero-order valence-electron chi connectivity index (χ0n) is 8.02. The van der Waals surface area contributed by atoms with Gasteiger partial charge in [-0.2, -0.15) is 0 Å². The van der Waals surface area contributed by atoms with Crippen LogP contribution in [0, 0.1) is 0 Å². The number of ether oxygens (including phenoxy) is 1. The van der Waals surface area contributed by atoms with Crippen LogP contribution in [0.25, 0.3) is 0 Å². The second-order valence-electron chi connectivity index (χ2n) is 2.89. The molecular formula is C8H6F5NO3. The summed E-state index contributed by atoms with van der Waals surface area (Å²) in [5.41, 5.74) is -3.33. The Bertz CT molecular complexity index is 453. The Morgan fingerprint density at radius 2 is 2.00 bits per heavy atom. The van der Waals surface area contributed by atoms with E-state index in [1.807, 2.05) is 0 Å². The molecule has 1 heterocycles. The van der Waals surface area contributed by atoms with Crippen molar-refractivity contribution in [2.24, 2.45) is 0 Å². The van der Waals surface area contributed by atoms with Crippen molar-refractivity contribution in [3.63, 3.8) is 0 Å². The average Bonchev–Trinajstić information content (AvgIpc) is 2.14. The van der Waals surface area contributed by atoms with E-state index in [0.717, 1.165) is 0 Å². The molecule has 0 aliphatic rings. The predicted octanol–water partition coefficient (Wildman–Crippen LogP) is 1.70. The van der Waals surface area contributed by atoms with Gasteiger partial charge in [-0.3, -0.25) is 4.79 Å². The molecule has 0 atom stereocenters. The van der Waals surface area contributed by atoms with Crippen LogP contribution in [0.15, 0.2) is 11.0 Å². The molecule has 0 fully saturated rings. The van der Waals surface area contributed by atoms with Gasteiger partial charge in [0.1, 0.15) is 5.56 Å². The van der Waals surface area contributed by atoms with E-state index in [2.05, 4.69) is 4.74 Å². The average molecular weight is 259 g/mol. The van der Waals surface area contributed by atoms with Crippen LogP contribution in [0.2, 0.25) is 0 Å². The molecule has 1 aromatic rings. The number of nitrogens with one attached hydrogen (secondary N) is 1. The number of aromatic nitrogens is 1. The van der Waals surface area contributed by atoms with E-state index >= 15 is 0 Å². The number of H-pyrrole nitrogens is 1. The highest BCUT2D eigenvalue weighted by molar-refractivity contribution is 5.31. The first-order chi connectivity index (χ1) is 7.76. The number of rotatable bonds is 3. The van der Waals surface area contributed by atoms with Crippen LogP contribution in [0.3, 0.4) is 0 Å². The summed E-state index contributed by atoms with van der Waals surface area (Å²) in [6.45, 7) is -0.874. The normalized spacial score (nSPS) is 11.9. The summed E-state index contributed by atoms with van der Waals surface area (Å²) in [4.78, 5) is 13.0. The van der Waals surface area contributed by atoms with Crippen molar-refractivity contribution >= 4 is 0 Å². The van der Waals surface area contributed by atoms with Crippen LogP contribution in [0.4, 0.5) is 22.0 Å². The van der Waals surface area contributed by atoms with Crippen LogP contribution < -0.4 is 10.2 Å². The molecule has 1 aromatic heterocycles. The van der Waals surface area contributed by atoms with Crippen molar-refractivity contribution in [2.45, 2.75) is 19.4 Å². The van der Waals surface area contributed by atoms with Gasteiger partial charge in [-0.25, -0.2) is 8.78 Å². The standard InChI is InChI=1S/C8H6F5NO3/c9-6(10)4-5(16)3(2-15)1-14-7(4)17-8(11,12)13/h1,6,15H,2H2,(H,14,16). The number of halogens is 5. The number of aliphatic hydroxyl groups is 1. The Kier molecular flexibility index (Phi) is 3.71. The second-order valence-corrected chi connectivity index (χ2v) is 2.89. The number of pyridine rings is 1. The minimum absolute atomic E-state index is 0.477. The summed E-state index contributed by atoms with van der Waals surface area (Å²) in [7, 11) is 0. The van der Waals surface area contributed by atoms with Gasteiger partial charge in [-0.05, 0) is 0 Å². The lowest BCUT2D eigenvalue weighted by atomic mass is 10.2. The lowest BCUT2D eigenvalue weighted by molar-refractivity contribution is -0.276. The van der Waals surface area contributed by atoms with Crippen LogP contribution in [-0.4, -0.2) is 16.5 Å². The van der Waals surface area contributed by atoms with Crippen LogP contribution in [0.5, 0.6) is 5.88 Å². The van der Waals surface area contributed by atoms with Gasteiger partial charge in [-0.15, -0.1) is 13.2 Å². The summed E-state index contributed by atoms with van der Waals surface area (Å²) in [5, 5.41) is 8.62. The van der Waals surface area contributed by atoms with E-state index in [-0.39, 0.29) is 0 Å². The third-order valence-corrected chi connectivity index (χ3v) is 1.76. The van der Waals surface area contributed by atoms with E-state index in [0.29, 0.717) is 6.20 Å². The van der Waals surface area contributed by atoms with Gasteiger partial charge in [0, 0.05) is 11.8 Å². The molecule has 17 heavy (non-hydrogen) atoms. The summed E-state index contributed by atoms with van der Waals surface area (Å²) in [5.74, 6) is -1.38. The molecule has 0 spiro atoms. The number of aliphatic hydroxyl groups excluding tert-OH is 1. The Morgan fingerprint density at radius 3 is 2.41 bits per heavy atom. The second kappa shape index (κ2) is 4.70. The molecule has 0 bridgehead atoms. The quantitative estimate of drug-likeness (QED) is 0.812. The van der Waals surface area contributed by atoms with Crippen molar-refractivity contribution in [2.75, 3.05) is 0 Å². The van der Waals surface area contributed by atoms with E-state index < -0.39 is 41.8 Å². The molecule has 0 saturated carbocycles.